The van der Waals surface area contributed by atoms with Gasteiger partial charge in [0.15, 0.2) is 11.7 Å². The number of methoxy groups -OCH3 is 2. The van der Waals surface area contributed by atoms with E-state index in [2.05, 4.69) is 32.2 Å². The molecule has 2 N–H and O–H groups in total. The zero-order valence-electron chi connectivity index (χ0n) is 25.3. The van der Waals surface area contributed by atoms with E-state index < -0.39 is 23.2 Å². The zero-order valence-corrected chi connectivity index (χ0v) is 25.3. The van der Waals surface area contributed by atoms with Crippen LogP contribution in [0.15, 0.2) is 66.7 Å². The summed E-state index contributed by atoms with van der Waals surface area (Å²) in [5.74, 6) is 0.652. The lowest BCUT2D eigenvalue weighted by molar-refractivity contribution is -0.142. The van der Waals surface area contributed by atoms with E-state index in [0.717, 1.165) is 29.5 Å². The molecular weight excluding hydrogens is 530 g/mol. The number of rotatable bonds is 8. The first kappa shape index (κ1) is 29.8. The van der Waals surface area contributed by atoms with Crippen molar-refractivity contribution < 1.29 is 28.8 Å². The van der Waals surface area contributed by atoms with Crippen LogP contribution in [0.25, 0.3) is 6.08 Å². The Balaban J connectivity index is 1.65. The Morgan fingerprint density at radius 1 is 1.00 bits per heavy atom. The van der Waals surface area contributed by atoms with Crippen LogP contribution in [0.2, 0.25) is 0 Å². The van der Waals surface area contributed by atoms with Gasteiger partial charge < -0.3 is 29.4 Å². The van der Waals surface area contributed by atoms with Crippen molar-refractivity contribution in [3.63, 3.8) is 0 Å². The third-order valence-corrected chi connectivity index (χ3v) is 8.42. The van der Waals surface area contributed by atoms with Crippen molar-refractivity contribution in [3.05, 3.63) is 94.6 Å². The first-order valence-electron chi connectivity index (χ1n) is 14.4. The van der Waals surface area contributed by atoms with Crippen molar-refractivity contribution in [2.24, 2.45) is 5.41 Å². The summed E-state index contributed by atoms with van der Waals surface area (Å²) in [5.41, 5.74) is 2.14. The molecule has 7 nitrogen and oxygen atoms in total. The van der Waals surface area contributed by atoms with Gasteiger partial charge in [0.2, 0.25) is 0 Å². The Kier molecular flexibility index (Phi) is 8.21. The van der Waals surface area contributed by atoms with Gasteiger partial charge in [0.05, 0.1) is 30.6 Å². The van der Waals surface area contributed by atoms with Gasteiger partial charge >= 0.3 is 0 Å². The lowest BCUT2D eigenvalue weighted by atomic mass is 9.76. The topological polar surface area (TPSA) is 86.3 Å². The zero-order chi connectivity index (χ0) is 30.1. The smallest absolute Gasteiger partial charge is 0.257 e. The van der Waals surface area contributed by atoms with Gasteiger partial charge in [-0.05, 0) is 67.5 Å². The van der Waals surface area contributed by atoms with Crippen molar-refractivity contribution in [1.29, 1.82) is 0 Å². The number of hydrogen-bond donors (Lipinski definition) is 2. The van der Waals surface area contributed by atoms with E-state index in [1.54, 1.807) is 37.4 Å². The molecule has 3 aromatic carbocycles. The maximum atomic E-state index is 13.2. The molecule has 42 heavy (non-hydrogen) atoms. The molecule has 0 bridgehead atoms. The molecule has 3 unspecified atom stereocenters. The predicted molar refractivity (Wildman–Crippen MR) is 164 cm³/mol. The van der Waals surface area contributed by atoms with Gasteiger partial charge in [0.25, 0.3) is 5.91 Å². The van der Waals surface area contributed by atoms with Crippen LogP contribution in [0.4, 0.5) is 5.69 Å². The van der Waals surface area contributed by atoms with Crippen LogP contribution in [0.3, 0.4) is 0 Å². The molecule has 0 aromatic heterocycles. The highest BCUT2D eigenvalue weighted by atomic mass is 16.5. The number of fused-ring (bicyclic) bond motifs is 1. The normalized spacial score (nSPS) is 25.1. The van der Waals surface area contributed by atoms with Crippen molar-refractivity contribution in [1.82, 2.24) is 0 Å². The highest BCUT2D eigenvalue weighted by molar-refractivity contribution is 6.00. The molecule has 7 heteroatoms. The molecule has 0 radical (unpaired) electrons. The number of nitrogens with one attached hydrogen (secondary N) is 1. The largest absolute Gasteiger partial charge is 0.497 e. The van der Waals surface area contributed by atoms with E-state index in [9.17, 15) is 9.90 Å². The Labute approximate surface area is 248 Å². The minimum atomic E-state index is -1.85. The molecule has 1 fully saturated rings. The molecule has 0 spiro atoms. The van der Waals surface area contributed by atoms with Gasteiger partial charge in [0, 0.05) is 12.7 Å². The summed E-state index contributed by atoms with van der Waals surface area (Å²) >= 11 is 0. The summed E-state index contributed by atoms with van der Waals surface area (Å²) in [6.45, 7) is 9.52. The van der Waals surface area contributed by atoms with Crippen molar-refractivity contribution in [2.75, 3.05) is 26.1 Å². The lowest BCUT2D eigenvalue weighted by Gasteiger charge is -2.41. The molecule has 0 saturated carbocycles. The van der Waals surface area contributed by atoms with Gasteiger partial charge in [-0.15, -0.1) is 0 Å². The van der Waals surface area contributed by atoms with Crippen molar-refractivity contribution in [3.8, 4) is 11.5 Å². The van der Waals surface area contributed by atoms with Gasteiger partial charge in [0.1, 0.15) is 18.1 Å². The van der Waals surface area contributed by atoms with Crippen LogP contribution in [-0.4, -0.2) is 43.5 Å². The minimum Gasteiger partial charge on any atom is -0.497 e. The highest BCUT2D eigenvalue weighted by Gasteiger charge is 2.52. The summed E-state index contributed by atoms with van der Waals surface area (Å²) < 4.78 is 23.9. The third kappa shape index (κ3) is 5.82. The van der Waals surface area contributed by atoms with Gasteiger partial charge in [-0.25, -0.2) is 0 Å². The quantitative estimate of drug-likeness (QED) is 0.326. The fourth-order valence-electron chi connectivity index (χ4n) is 5.63. The summed E-state index contributed by atoms with van der Waals surface area (Å²) in [6.07, 6.45) is 4.78. The highest BCUT2D eigenvalue weighted by Crippen LogP contribution is 2.49. The fraction of sp³-hybridized carbons (Fsp3) is 0.400. The van der Waals surface area contributed by atoms with Crippen LogP contribution < -0.4 is 14.8 Å². The maximum absolute atomic E-state index is 13.2. The van der Waals surface area contributed by atoms with Gasteiger partial charge in [-0.1, -0.05) is 68.0 Å². The van der Waals surface area contributed by atoms with E-state index in [1.807, 2.05) is 43.3 Å². The monoisotopic (exact) mass is 571 g/mol. The Bertz CT molecular complexity index is 1450. The number of aliphatic hydroxyl groups is 1. The molecule has 3 atom stereocenters. The van der Waals surface area contributed by atoms with Crippen LogP contribution in [0.5, 0.6) is 11.5 Å². The van der Waals surface area contributed by atoms with Gasteiger partial charge in [-0.2, -0.15) is 0 Å². The van der Waals surface area contributed by atoms with E-state index in [0.29, 0.717) is 34.9 Å². The molecule has 2 aliphatic heterocycles. The van der Waals surface area contributed by atoms with E-state index in [1.165, 1.54) is 7.11 Å². The average molecular weight is 572 g/mol. The Hall–Kier alpha value is -3.65. The number of ether oxygens (including phenoxy) is 4. The molecule has 5 rings (SSSR count). The molecule has 2 heterocycles. The van der Waals surface area contributed by atoms with Crippen LogP contribution in [0, 0.1) is 12.3 Å². The fourth-order valence-corrected chi connectivity index (χ4v) is 5.63. The van der Waals surface area contributed by atoms with Crippen molar-refractivity contribution in [2.45, 2.75) is 64.4 Å². The van der Waals surface area contributed by atoms with Crippen LogP contribution in [0.1, 0.15) is 61.4 Å². The van der Waals surface area contributed by atoms with Crippen molar-refractivity contribution >= 4 is 17.7 Å². The Morgan fingerprint density at radius 3 is 2.33 bits per heavy atom. The third-order valence-electron chi connectivity index (χ3n) is 8.42. The summed E-state index contributed by atoms with van der Waals surface area (Å²) in [6, 6.07) is 18.8. The number of carbonyl (C=O) groups excluding carboxylic acids is 1. The summed E-state index contributed by atoms with van der Waals surface area (Å²) in [5, 5.41) is 15.5. The van der Waals surface area contributed by atoms with Crippen LogP contribution >= 0.6 is 0 Å². The van der Waals surface area contributed by atoms with E-state index >= 15 is 0 Å². The van der Waals surface area contributed by atoms with E-state index in [-0.39, 0.29) is 12.0 Å². The average Bonchev–Trinajstić information content (AvgIpc) is 2.98. The predicted octanol–water partition coefficient (Wildman–Crippen LogP) is 6.39. The second-order valence-electron chi connectivity index (χ2n) is 12.4. The SMILES string of the molecule is COc1ccc(C2(O)c3c(ccc(/C=C/C4(C)CCC(C)(C)CO4)c3OCc3ccc(C)cc3)NC(=O)C2OC)cc1. The molecule has 1 amide bonds. The maximum Gasteiger partial charge on any atom is 0.257 e. The summed E-state index contributed by atoms with van der Waals surface area (Å²) in [7, 11) is 3.00. The molecule has 2 aliphatic rings. The standard InChI is InChI=1S/C35H41NO6/c1-23-7-9-24(10-8-23)21-41-30-25(17-18-34(4)20-19-33(2,3)22-42-34)11-16-28-29(30)35(38,31(40-6)32(37)36-28)26-12-14-27(39-5)15-13-26/h7-18,31,38H,19-22H2,1-6H3,(H,36,37)/b18-17+. The van der Waals surface area contributed by atoms with E-state index in [4.69, 9.17) is 18.9 Å². The Morgan fingerprint density at radius 2 is 1.71 bits per heavy atom. The molecule has 0 aliphatic carbocycles. The van der Waals surface area contributed by atoms with Crippen LogP contribution in [-0.2, 0) is 26.5 Å². The number of hydrogen-bond acceptors (Lipinski definition) is 6. The first-order valence-corrected chi connectivity index (χ1v) is 14.4. The molecular formula is C35H41NO6. The number of carbonyl (C=O) groups is 1. The molecule has 3 aromatic rings. The summed E-state index contributed by atoms with van der Waals surface area (Å²) in [4.78, 5) is 13.2. The number of amides is 1. The first-order chi connectivity index (χ1) is 20.0. The minimum absolute atomic E-state index is 0.143. The number of benzene rings is 3. The number of anilines is 1. The lowest BCUT2D eigenvalue weighted by Crippen LogP contribution is -2.53. The molecule has 222 valence electrons. The molecule has 1 saturated heterocycles. The second-order valence-corrected chi connectivity index (χ2v) is 12.4. The number of aryl methyl sites for hydroxylation is 1. The van der Waals surface area contributed by atoms with Gasteiger partial charge in [-0.3, -0.25) is 4.79 Å². The second kappa shape index (κ2) is 11.6.